The number of methoxy groups -OCH3 is 1. The Kier molecular flexibility index (Phi) is 5.67. The predicted octanol–water partition coefficient (Wildman–Crippen LogP) is 3.48. The molecule has 0 spiro atoms. The van der Waals surface area contributed by atoms with Gasteiger partial charge < -0.3 is 4.74 Å². The molecule has 1 aromatic heterocycles. The van der Waals surface area contributed by atoms with E-state index in [1.807, 2.05) is 11.3 Å². The van der Waals surface area contributed by atoms with Gasteiger partial charge in [-0.15, -0.1) is 11.3 Å². The van der Waals surface area contributed by atoms with Gasteiger partial charge >= 0.3 is 0 Å². The van der Waals surface area contributed by atoms with E-state index in [9.17, 15) is 0 Å². The third-order valence-electron chi connectivity index (χ3n) is 1.87. The molecule has 0 bridgehead atoms. The SMILES string of the molecule is COCC(Br)CCCc1cccs1. The van der Waals surface area contributed by atoms with Gasteiger partial charge in [0.1, 0.15) is 0 Å². The molecule has 1 rings (SSSR count). The van der Waals surface area contributed by atoms with Crippen molar-refractivity contribution in [3.63, 3.8) is 0 Å². The molecule has 1 atom stereocenters. The fourth-order valence-corrected chi connectivity index (χ4v) is 2.56. The monoisotopic (exact) mass is 262 g/mol. The third kappa shape index (κ3) is 4.79. The molecule has 0 aliphatic rings. The molecule has 0 fully saturated rings. The Morgan fingerprint density at radius 3 is 3.08 bits per heavy atom. The first-order chi connectivity index (χ1) is 6.33. The van der Waals surface area contributed by atoms with E-state index in [2.05, 4.69) is 33.4 Å². The van der Waals surface area contributed by atoms with Gasteiger partial charge in [-0.3, -0.25) is 0 Å². The highest BCUT2D eigenvalue weighted by Gasteiger charge is 2.03. The van der Waals surface area contributed by atoms with Gasteiger partial charge in [0.25, 0.3) is 0 Å². The summed E-state index contributed by atoms with van der Waals surface area (Å²) in [5, 5.41) is 2.14. The average Bonchev–Trinajstić information content (AvgIpc) is 2.57. The molecule has 0 aromatic carbocycles. The maximum Gasteiger partial charge on any atom is 0.0587 e. The highest BCUT2D eigenvalue weighted by Crippen LogP contribution is 2.15. The Labute approximate surface area is 92.2 Å². The quantitative estimate of drug-likeness (QED) is 0.714. The van der Waals surface area contributed by atoms with Crippen LogP contribution in [0.3, 0.4) is 0 Å². The Morgan fingerprint density at radius 1 is 1.62 bits per heavy atom. The number of hydrogen-bond donors (Lipinski definition) is 0. The van der Waals surface area contributed by atoms with E-state index in [4.69, 9.17) is 4.74 Å². The summed E-state index contributed by atoms with van der Waals surface area (Å²) in [5.41, 5.74) is 0. The summed E-state index contributed by atoms with van der Waals surface area (Å²) >= 11 is 5.42. The smallest absolute Gasteiger partial charge is 0.0587 e. The van der Waals surface area contributed by atoms with Crippen LogP contribution in [0, 0.1) is 0 Å². The Bertz CT molecular complexity index is 211. The topological polar surface area (TPSA) is 9.23 Å². The second kappa shape index (κ2) is 6.57. The molecule has 0 radical (unpaired) electrons. The van der Waals surface area contributed by atoms with E-state index in [0.29, 0.717) is 4.83 Å². The van der Waals surface area contributed by atoms with Crippen LogP contribution in [0.4, 0.5) is 0 Å². The largest absolute Gasteiger partial charge is 0.384 e. The van der Waals surface area contributed by atoms with Crippen molar-refractivity contribution in [2.24, 2.45) is 0 Å². The highest BCUT2D eigenvalue weighted by atomic mass is 79.9. The molecule has 0 aliphatic carbocycles. The average molecular weight is 263 g/mol. The fourth-order valence-electron chi connectivity index (χ4n) is 1.22. The maximum atomic E-state index is 5.05. The molecule has 0 N–H and O–H groups in total. The number of thiophene rings is 1. The summed E-state index contributed by atoms with van der Waals surface area (Å²) in [5.74, 6) is 0. The second-order valence-corrected chi connectivity index (χ2v) is 5.35. The zero-order chi connectivity index (χ0) is 9.52. The van der Waals surface area contributed by atoms with Crippen molar-refractivity contribution in [2.75, 3.05) is 13.7 Å². The predicted molar refractivity (Wildman–Crippen MR) is 61.8 cm³/mol. The zero-order valence-electron chi connectivity index (χ0n) is 7.83. The maximum absolute atomic E-state index is 5.05. The summed E-state index contributed by atoms with van der Waals surface area (Å²) in [6, 6.07) is 4.31. The van der Waals surface area contributed by atoms with Gasteiger partial charge in [-0.2, -0.15) is 0 Å². The molecule has 3 heteroatoms. The van der Waals surface area contributed by atoms with Crippen molar-refractivity contribution >= 4 is 27.3 Å². The molecule has 1 nitrogen and oxygen atoms in total. The standard InChI is InChI=1S/C10H15BrOS/c1-12-8-9(11)4-2-5-10-6-3-7-13-10/h3,6-7,9H,2,4-5,8H2,1H3. The molecule has 0 amide bonds. The van der Waals surface area contributed by atoms with Gasteiger partial charge in [0.15, 0.2) is 0 Å². The van der Waals surface area contributed by atoms with Crippen LogP contribution >= 0.6 is 27.3 Å². The van der Waals surface area contributed by atoms with E-state index in [1.54, 1.807) is 7.11 Å². The van der Waals surface area contributed by atoms with Crippen LogP contribution in [0.2, 0.25) is 0 Å². The van der Waals surface area contributed by atoms with Crippen molar-refractivity contribution < 1.29 is 4.74 Å². The first kappa shape index (κ1) is 11.2. The van der Waals surface area contributed by atoms with Crippen molar-refractivity contribution in [3.05, 3.63) is 22.4 Å². The lowest BCUT2D eigenvalue weighted by atomic mass is 10.2. The minimum atomic E-state index is 0.512. The van der Waals surface area contributed by atoms with Crippen LogP contribution < -0.4 is 0 Å². The number of halogens is 1. The zero-order valence-corrected chi connectivity index (χ0v) is 10.2. The lowest BCUT2D eigenvalue weighted by Crippen LogP contribution is -2.06. The number of alkyl halides is 1. The molecule has 74 valence electrons. The minimum absolute atomic E-state index is 0.512. The first-order valence-electron chi connectivity index (χ1n) is 4.48. The van der Waals surface area contributed by atoms with Crippen LogP contribution in [0.15, 0.2) is 17.5 Å². The van der Waals surface area contributed by atoms with Crippen LogP contribution in [0.1, 0.15) is 17.7 Å². The van der Waals surface area contributed by atoms with Crippen LogP contribution in [-0.2, 0) is 11.2 Å². The molecule has 1 unspecified atom stereocenters. The Balaban J connectivity index is 2.07. The first-order valence-corrected chi connectivity index (χ1v) is 6.28. The van der Waals surface area contributed by atoms with Gasteiger partial charge in [-0.05, 0) is 30.7 Å². The minimum Gasteiger partial charge on any atom is -0.384 e. The van der Waals surface area contributed by atoms with Crippen LogP contribution in [-0.4, -0.2) is 18.5 Å². The lowest BCUT2D eigenvalue weighted by Gasteiger charge is -2.06. The van der Waals surface area contributed by atoms with Gasteiger partial charge in [0.05, 0.1) is 6.61 Å². The van der Waals surface area contributed by atoms with Crippen molar-refractivity contribution in [1.29, 1.82) is 0 Å². The van der Waals surface area contributed by atoms with E-state index in [-0.39, 0.29) is 0 Å². The molecular weight excluding hydrogens is 248 g/mol. The Hall–Kier alpha value is 0.140. The van der Waals surface area contributed by atoms with Gasteiger partial charge in [0.2, 0.25) is 0 Å². The number of hydrogen-bond acceptors (Lipinski definition) is 2. The van der Waals surface area contributed by atoms with E-state index < -0.39 is 0 Å². The van der Waals surface area contributed by atoms with Gasteiger partial charge in [0, 0.05) is 16.8 Å². The summed E-state index contributed by atoms with van der Waals surface area (Å²) in [7, 11) is 1.74. The van der Waals surface area contributed by atoms with E-state index in [0.717, 1.165) is 6.61 Å². The van der Waals surface area contributed by atoms with Crippen molar-refractivity contribution in [1.82, 2.24) is 0 Å². The number of ether oxygens (including phenoxy) is 1. The van der Waals surface area contributed by atoms with Gasteiger partial charge in [-0.1, -0.05) is 22.0 Å². The highest BCUT2D eigenvalue weighted by molar-refractivity contribution is 9.09. The normalized spacial score (nSPS) is 13.1. The van der Waals surface area contributed by atoms with Crippen LogP contribution in [0.5, 0.6) is 0 Å². The fraction of sp³-hybridized carbons (Fsp3) is 0.600. The second-order valence-electron chi connectivity index (χ2n) is 3.02. The summed E-state index contributed by atoms with van der Waals surface area (Å²) in [6.07, 6.45) is 3.62. The number of rotatable bonds is 6. The van der Waals surface area contributed by atoms with E-state index >= 15 is 0 Å². The van der Waals surface area contributed by atoms with Crippen molar-refractivity contribution in [3.8, 4) is 0 Å². The molecule has 13 heavy (non-hydrogen) atoms. The lowest BCUT2D eigenvalue weighted by molar-refractivity contribution is 0.198. The molecule has 1 aromatic rings. The molecule has 0 saturated carbocycles. The molecule has 0 saturated heterocycles. The van der Waals surface area contributed by atoms with E-state index in [1.165, 1.54) is 24.1 Å². The molecule has 0 aliphatic heterocycles. The number of aryl methyl sites for hydroxylation is 1. The molecular formula is C10H15BrOS. The van der Waals surface area contributed by atoms with Gasteiger partial charge in [-0.25, -0.2) is 0 Å². The summed E-state index contributed by atoms with van der Waals surface area (Å²) in [4.78, 5) is 1.99. The third-order valence-corrected chi connectivity index (χ3v) is 3.53. The van der Waals surface area contributed by atoms with Crippen LogP contribution in [0.25, 0.3) is 0 Å². The summed E-state index contributed by atoms with van der Waals surface area (Å²) in [6.45, 7) is 0.810. The summed E-state index contributed by atoms with van der Waals surface area (Å²) < 4.78 is 5.05. The van der Waals surface area contributed by atoms with Crippen molar-refractivity contribution in [2.45, 2.75) is 24.1 Å². The molecule has 1 heterocycles. The Morgan fingerprint density at radius 2 is 2.46 bits per heavy atom.